The van der Waals surface area contributed by atoms with E-state index in [1.807, 2.05) is 11.3 Å². The fourth-order valence-corrected chi connectivity index (χ4v) is 18.8. The number of fused-ring (bicyclic) bond motifs is 12. The van der Waals surface area contributed by atoms with E-state index in [1.165, 1.54) is 140 Å². The van der Waals surface area contributed by atoms with Crippen LogP contribution in [-0.4, -0.2) is 6.71 Å². The van der Waals surface area contributed by atoms with Gasteiger partial charge in [0, 0.05) is 60.1 Å². The minimum absolute atomic E-state index is 0.000628. The fourth-order valence-electron chi connectivity index (χ4n) is 17.5. The second-order valence-corrected chi connectivity index (χ2v) is 36.1. The first-order chi connectivity index (χ1) is 42.1. The zero-order valence-corrected chi connectivity index (χ0v) is 58.7. The standard InChI is InChI=1S/C85H96BN3S/c1-77(2,3)51-25-28-53(29-26-51)87(54-30-33-59-58-23-21-22-24-61(58)85(19,20)64(59)44-54)57-47-71-74-72(48-57)89(56-32-35-63-66(46-56)82(13,14)40-38-80(63,9)10)75-60-43-52(78(4,5)6)27-36-73(60)90-76(75)86(74)69-49-67-68(84(17,18)42-41-83(67,15)16)50-70(69)88(71)55-31-34-62-65(45-55)81(11,12)39-37-79(62,7)8/h21-36,43-50H,37-42H2,1-20H3. The molecule has 460 valence electrons. The van der Waals surface area contributed by atoms with E-state index in [0.29, 0.717) is 0 Å². The Kier molecular flexibility index (Phi) is 12.7. The molecule has 9 aromatic rings. The summed E-state index contributed by atoms with van der Waals surface area (Å²) < 4.78 is 2.78. The minimum Gasteiger partial charge on any atom is -0.311 e. The number of nitrogens with zero attached hydrogens (tertiary/aromatic N) is 3. The van der Waals surface area contributed by atoms with Crippen molar-refractivity contribution in [3.8, 4) is 11.1 Å². The maximum atomic E-state index is 2.79. The minimum atomic E-state index is -0.191. The van der Waals surface area contributed by atoms with Crippen LogP contribution in [0.2, 0.25) is 0 Å². The first-order valence-corrected chi connectivity index (χ1v) is 34.9. The molecular formula is C85H96BN3S. The number of hydrogen-bond donors (Lipinski definition) is 0. The van der Waals surface area contributed by atoms with E-state index in [0.717, 1.165) is 42.7 Å². The SMILES string of the molecule is CC(C)(C)c1ccc(N(c2cc3c4c(c2)N(c2ccc5c(c2)C(C)(C)CCC5(C)C)c2c(sc5ccc(C(C)(C)C)cc25)B4c2cc4c(cc2N3c2ccc3c(c2)C(C)(C)CCC3(C)C)C(C)(C)CCC4(C)C)c2ccc3c(c2)C(C)(C)c2ccccc2-3)cc1. The van der Waals surface area contributed by atoms with E-state index in [4.69, 9.17) is 0 Å². The quantitative estimate of drug-likeness (QED) is 0.159. The topological polar surface area (TPSA) is 9.72 Å². The van der Waals surface area contributed by atoms with E-state index >= 15 is 0 Å². The molecule has 0 spiro atoms. The van der Waals surface area contributed by atoms with Crippen molar-refractivity contribution in [1.29, 1.82) is 0 Å². The van der Waals surface area contributed by atoms with Gasteiger partial charge in [0.15, 0.2) is 0 Å². The van der Waals surface area contributed by atoms with Crippen molar-refractivity contribution in [2.75, 3.05) is 14.7 Å². The van der Waals surface area contributed by atoms with Gasteiger partial charge < -0.3 is 14.7 Å². The highest BCUT2D eigenvalue weighted by Crippen LogP contribution is 2.58. The van der Waals surface area contributed by atoms with E-state index in [9.17, 15) is 0 Å². The summed E-state index contributed by atoms with van der Waals surface area (Å²) >= 11 is 2.04. The van der Waals surface area contributed by atoms with Gasteiger partial charge in [-0.1, -0.05) is 205 Å². The summed E-state index contributed by atoms with van der Waals surface area (Å²) in [7, 11) is 0. The van der Waals surface area contributed by atoms with Crippen LogP contribution >= 0.6 is 11.3 Å². The molecule has 0 bridgehead atoms. The van der Waals surface area contributed by atoms with E-state index in [2.05, 4.69) is 299 Å². The summed E-state index contributed by atoms with van der Waals surface area (Å²) in [4.78, 5) is 8.19. The van der Waals surface area contributed by atoms with Crippen LogP contribution in [0.25, 0.3) is 21.2 Å². The Labute approximate surface area is 544 Å². The van der Waals surface area contributed by atoms with Gasteiger partial charge in [0.2, 0.25) is 0 Å². The lowest BCUT2D eigenvalue weighted by atomic mass is 9.35. The van der Waals surface area contributed by atoms with Crippen LogP contribution in [-0.2, 0) is 48.7 Å². The summed E-state index contributed by atoms with van der Waals surface area (Å²) in [6, 6.07) is 59.6. The van der Waals surface area contributed by atoms with E-state index in [-0.39, 0.29) is 55.4 Å². The molecule has 6 aliphatic rings. The number of hydrogen-bond acceptors (Lipinski definition) is 4. The molecule has 0 amide bonds. The average molecular weight is 1200 g/mol. The van der Waals surface area contributed by atoms with Crippen LogP contribution < -0.4 is 30.4 Å². The third-order valence-electron chi connectivity index (χ3n) is 23.7. The van der Waals surface area contributed by atoms with E-state index in [1.54, 1.807) is 0 Å². The summed E-state index contributed by atoms with van der Waals surface area (Å²) in [5.41, 5.74) is 30.8. The van der Waals surface area contributed by atoms with Crippen LogP contribution in [0.5, 0.6) is 0 Å². The summed E-state index contributed by atoms with van der Waals surface area (Å²) in [5, 5.41) is 1.34. The van der Waals surface area contributed by atoms with Crippen LogP contribution in [0.3, 0.4) is 0 Å². The van der Waals surface area contributed by atoms with Crippen LogP contribution in [0.15, 0.2) is 146 Å². The molecule has 5 heteroatoms. The first-order valence-electron chi connectivity index (χ1n) is 34.1. The van der Waals surface area contributed by atoms with Gasteiger partial charge in [-0.25, -0.2) is 0 Å². The van der Waals surface area contributed by atoms with Crippen molar-refractivity contribution in [3.63, 3.8) is 0 Å². The third-order valence-corrected chi connectivity index (χ3v) is 25.0. The first kappa shape index (κ1) is 59.5. The lowest BCUT2D eigenvalue weighted by Crippen LogP contribution is -2.61. The number of thiophene rings is 1. The normalized spacial score (nSPS) is 19.6. The van der Waals surface area contributed by atoms with Gasteiger partial charge in [0.25, 0.3) is 6.71 Å². The summed E-state index contributed by atoms with van der Waals surface area (Å²) in [6.45, 7) is 49.0. The molecule has 0 fully saturated rings. The highest BCUT2D eigenvalue weighted by atomic mass is 32.1. The second kappa shape index (κ2) is 19.2. The van der Waals surface area contributed by atoms with Gasteiger partial charge in [-0.15, -0.1) is 11.3 Å². The molecule has 4 aliphatic carbocycles. The Morgan fingerprint density at radius 2 is 0.867 bits per heavy atom. The number of benzene rings is 8. The Bertz CT molecular complexity index is 4500. The molecule has 3 heterocycles. The third kappa shape index (κ3) is 8.83. The van der Waals surface area contributed by atoms with Crippen LogP contribution in [0, 0.1) is 0 Å². The highest BCUT2D eigenvalue weighted by molar-refractivity contribution is 7.33. The molecule has 8 aromatic carbocycles. The van der Waals surface area contributed by atoms with Crippen molar-refractivity contribution in [3.05, 3.63) is 201 Å². The fraction of sp³-hybridized carbons (Fsp3) is 0.412. The molecule has 0 atom stereocenters. The maximum Gasteiger partial charge on any atom is 0.264 e. The highest BCUT2D eigenvalue weighted by Gasteiger charge is 2.50. The predicted molar refractivity (Wildman–Crippen MR) is 391 cm³/mol. The largest absolute Gasteiger partial charge is 0.311 e. The zero-order chi connectivity index (χ0) is 63.7. The van der Waals surface area contributed by atoms with Crippen molar-refractivity contribution >= 4 is 95.0 Å². The maximum absolute atomic E-state index is 2.79. The molecular weight excluding hydrogens is 1110 g/mol. The molecule has 3 nitrogen and oxygen atoms in total. The molecule has 1 aromatic heterocycles. The zero-order valence-electron chi connectivity index (χ0n) is 57.9. The monoisotopic (exact) mass is 1200 g/mol. The summed E-state index contributed by atoms with van der Waals surface area (Å²) in [5.74, 6) is 0. The predicted octanol–water partition coefficient (Wildman–Crippen LogP) is 22.4. The molecule has 0 saturated carbocycles. The second-order valence-electron chi connectivity index (χ2n) is 35.0. The van der Waals surface area contributed by atoms with Gasteiger partial charge in [-0.05, 0) is 238 Å². The van der Waals surface area contributed by atoms with Crippen molar-refractivity contribution in [1.82, 2.24) is 0 Å². The lowest BCUT2D eigenvalue weighted by Gasteiger charge is -2.48. The van der Waals surface area contributed by atoms with Gasteiger partial charge >= 0.3 is 0 Å². The van der Waals surface area contributed by atoms with Gasteiger partial charge in [-0.2, -0.15) is 0 Å². The molecule has 0 N–H and O–H groups in total. The molecule has 2 aliphatic heterocycles. The van der Waals surface area contributed by atoms with Crippen LogP contribution in [0.1, 0.15) is 233 Å². The van der Waals surface area contributed by atoms with Gasteiger partial charge in [0.1, 0.15) is 0 Å². The Balaban J connectivity index is 1.11. The molecule has 0 radical (unpaired) electrons. The average Bonchev–Trinajstić information content (AvgIpc) is 1.08. The van der Waals surface area contributed by atoms with E-state index < -0.39 is 0 Å². The van der Waals surface area contributed by atoms with Crippen molar-refractivity contribution < 1.29 is 0 Å². The molecule has 0 unspecified atom stereocenters. The summed E-state index contributed by atoms with van der Waals surface area (Å²) in [6.07, 6.45) is 6.95. The smallest absolute Gasteiger partial charge is 0.264 e. The molecule has 0 saturated heterocycles. The van der Waals surface area contributed by atoms with Crippen LogP contribution in [0.4, 0.5) is 51.2 Å². The van der Waals surface area contributed by atoms with Crippen molar-refractivity contribution in [2.45, 2.75) is 226 Å². The van der Waals surface area contributed by atoms with Gasteiger partial charge in [-0.3, -0.25) is 0 Å². The Morgan fingerprint density at radius 3 is 1.43 bits per heavy atom. The van der Waals surface area contributed by atoms with Gasteiger partial charge in [0.05, 0.1) is 11.4 Å². The number of rotatable bonds is 5. The van der Waals surface area contributed by atoms with Crippen molar-refractivity contribution in [2.24, 2.45) is 0 Å². The molecule has 90 heavy (non-hydrogen) atoms. The molecule has 15 rings (SSSR count). The Morgan fingerprint density at radius 1 is 0.389 bits per heavy atom. The number of anilines is 9. The lowest BCUT2D eigenvalue weighted by molar-refractivity contribution is 0.332. The Hall–Kier alpha value is -6.82.